The van der Waals surface area contributed by atoms with E-state index in [-0.39, 0.29) is 24.2 Å². The van der Waals surface area contributed by atoms with Crippen molar-refractivity contribution in [3.8, 4) is 0 Å². The molecule has 0 atom stereocenters. The molecule has 0 saturated heterocycles. The molecule has 0 bridgehead atoms. The maximum absolute atomic E-state index is 11.8. The van der Waals surface area contributed by atoms with Gasteiger partial charge in [-0.3, -0.25) is 9.59 Å². The van der Waals surface area contributed by atoms with Gasteiger partial charge in [-0.05, 0) is 37.0 Å². The summed E-state index contributed by atoms with van der Waals surface area (Å²) in [5.41, 5.74) is 7.69. The number of rotatable bonds is 2. The summed E-state index contributed by atoms with van der Waals surface area (Å²) in [5, 5.41) is 5.60. The van der Waals surface area contributed by atoms with Crippen LogP contribution in [0.4, 0.5) is 11.4 Å². The number of carbonyl (C=O) groups is 2. The fourth-order valence-corrected chi connectivity index (χ4v) is 2.07. The number of nitrogens with one attached hydrogen (secondary N) is 2. The summed E-state index contributed by atoms with van der Waals surface area (Å²) in [7, 11) is 0. The number of hydrogen-bond donors (Lipinski definition) is 3. The first-order valence-electron chi connectivity index (χ1n) is 6.10. The first kappa shape index (κ1) is 13.8. The Morgan fingerprint density at radius 1 is 1.32 bits per heavy atom. The lowest BCUT2D eigenvalue weighted by Crippen LogP contribution is -2.37. The van der Waals surface area contributed by atoms with Crippen LogP contribution in [0.3, 0.4) is 0 Å². The number of nitrogens with two attached hydrogens (primary N) is 1. The molecule has 102 valence electrons. The molecule has 1 aliphatic heterocycles. The predicted octanol–water partition coefficient (Wildman–Crippen LogP) is 1.42. The second kappa shape index (κ2) is 4.83. The summed E-state index contributed by atoms with van der Waals surface area (Å²) in [6, 6.07) is 5.57. The quantitative estimate of drug-likeness (QED) is 0.766. The van der Waals surface area contributed by atoms with Crippen LogP contribution in [-0.2, 0) is 16.0 Å². The second-order valence-electron chi connectivity index (χ2n) is 5.03. The summed E-state index contributed by atoms with van der Waals surface area (Å²) in [6.07, 6.45) is 2.74. The summed E-state index contributed by atoms with van der Waals surface area (Å²) in [5.74, 6) is -0.131. The van der Waals surface area contributed by atoms with Gasteiger partial charge in [-0.2, -0.15) is 0 Å². The van der Waals surface area contributed by atoms with E-state index in [1.165, 1.54) is 0 Å². The molecule has 1 heterocycles. The monoisotopic (exact) mass is 281 g/mol. The Kier molecular flexibility index (Phi) is 3.52. The molecular formula is C13H16ClN3O2. The summed E-state index contributed by atoms with van der Waals surface area (Å²) >= 11 is 0. The third-order valence-electron chi connectivity index (χ3n) is 3.50. The Morgan fingerprint density at radius 3 is 2.74 bits per heavy atom. The lowest BCUT2D eigenvalue weighted by atomic mass is 10.0. The molecule has 0 spiro atoms. The zero-order valence-electron chi connectivity index (χ0n) is 10.4. The van der Waals surface area contributed by atoms with Gasteiger partial charge < -0.3 is 16.4 Å². The van der Waals surface area contributed by atoms with Gasteiger partial charge in [0.25, 0.3) is 0 Å². The number of amides is 2. The lowest BCUT2D eigenvalue weighted by Gasteiger charge is -2.18. The minimum absolute atomic E-state index is 0. The molecule has 1 aromatic rings. The third kappa shape index (κ3) is 2.72. The number of fused-ring (bicyclic) bond motifs is 1. The first-order chi connectivity index (χ1) is 8.57. The van der Waals surface area contributed by atoms with Gasteiger partial charge in [0, 0.05) is 17.8 Å². The van der Waals surface area contributed by atoms with Gasteiger partial charge in [-0.25, -0.2) is 0 Å². The highest BCUT2D eigenvalue weighted by atomic mass is 35.5. The number of carbonyl (C=O) groups excluding carboxylic acids is 2. The molecular weight excluding hydrogens is 266 g/mol. The average Bonchev–Trinajstić information content (AvgIpc) is 3.08. The Hall–Kier alpha value is -1.59. The maximum Gasteiger partial charge on any atom is 0.244 e. The maximum atomic E-state index is 11.8. The van der Waals surface area contributed by atoms with Gasteiger partial charge in [-0.1, -0.05) is 6.07 Å². The van der Waals surface area contributed by atoms with Crippen molar-refractivity contribution in [3.05, 3.63) is 23.8 Å². The van der Waals surface area contributed by atoms with E-state index in [0.717, 1.165) is 30.5 Å². The van der Waals surface area contributed by atoms with Crippen molar-refractivity contribution < 1.29 is 9.59 Å². The van der Waals surface area contributed by atoms with Crippen LogP contribution in [0.25, 0.3) is 0 Å². The zero-order chi connectivity index (χ0) is 12.8. The van der Waals surface area contributed by atoms with E-state index < -0.39 is 5.54 Å². The number of aryl methyl sites for hydroxylation is 1. The van der Waals surface area contributed by atoms with Gasteiger partial charge in [0.05, 0.1) is 5.54 Å². The van der Waals surface area contributed by atoms with E-state index in [9.17, 15) is 9.59 Å². The van der Waals surface area contributed by atoms with Crippen LogP contribution in [-0.4, -0.2) is 17.4 Å². The SMILES string of the molecule is Cl.NC1(C(=O)Nc2ccc3c(c2)NC(=O)CC3)CC1. The Morgan fingerprint density at radius 2 is 2.05 bits per heavy atom. The van der Waals surface area contributed by atoms with Crippen LogP contribution in [0.5, 0.6) is 0 Å². The highest BCUT2D eigenvalue weighted by Crippen LogP contribution is 2.34. The van der Waals surface area contributed by atoms with Crippen LogP contribution >= 0.6 is 12.4 Å². The number of benzene rings is 1. The smallest absolute Gasteiger partial charge is 0.244 e. The van der Waals surface area contributed by atoms with Crippen LogP contribution in [0.2, 0.25) is 0 Å². The highest BCUT2D eigenvalue weighted by molar-refractivity contribution is 6.01. The largest absolute Gasteiger partial charge is 0.326 e. The summed E-state index contributed by atoms with van der Waals surface area (Å²) in [6.45, 7) is 0. The molecule has 19 heavy (non-hydrogen) atoms. The van der Waals surface area contributed by atoms with Crippen LogP contribution in [0.1, 0.15) is 24.8 Å². The van der Waals surface area contributed by atoms with Crippen LogP contribution < -0.4 is 16.4 Å². The molecule has 0 aromatic heterocycles. The van der Waals surface area contributed by atoms with E-state index in [0.29, 0.717) is 12.1 Å². The normalized spacial score (nSPS) is 18.7. The molecule has 0 unspecified atom stereocenters. The topological polar surface area (TPSA) is 84.2 Å². The van der Waals surface area contributed by atoms with Crippen molar-refractivity contribution in [1.29, 1.82) is 0 Å². The molecule has 1 aliphatic carbocycles. The van der Waals surface area contributed by atoms with Crippen LogP contribution in [0.15, 0.2) is 18.2 Å². The minimum atomic E-state index is -0.681. The first-order valence-corrected chi connectivity index (χ1v) is 6.10. The van der Waals surface area contributed by atoms with E-state index >= 15 is 0 Å². The molecule has 3 rings (SSSR count). The molecule has 4 N–H and O–H groups in total. The van der Waals surface area contributed by atoms with Crippen molar-refractivity contribution in [2.75, 3.05) is 10.6 Å². The van der Waals surface area contributed by atoms with Crippen molar-refractivity contribution in [2.24, 2.45) is 5.73 Å². The minimum Gasteiger partial charge on any atom is -0.326 e. The Labute approximate surface area is 117 Å². The fraction of sp³-hybridized carbons (Fsp3) is 0.385. The van der Waals surface area contributed by atoms with E-state index in [1.54, 1.807) is 6.07 Å². The standard InChI is InChI=1S/C13H15N3O2.ClH/c14-13(5-6-13)12(18)15-9-3-1-8-2-4-11(17)16-10(8)7-9;/h1,3,7H,2,4-6,14H2,(H,15,18)(H,16,17);1H. The Balaban J connectivity index is 0.00000133. The molecule has 0 radical (unpaired) electrons. The van der Waals surface area contributed by atoms with Gasteiger partial charge in [0.15, 0.2) is 0 Å². The average molecular weight is 282 g/mol. The van der Waals surface area contributed by atoms with Crippen LogP contribution in [0, 0.1) is 0 Å². The van der Waals surface area contributed by atoms with Crippen molar-refractivity contribution in [2.45, 2.75) is 31.2 Å². The third-order valence-corrected chi connectivity index (χ3v) is 3.50. The van der Waals surface area contributed by atoms with E-state index in [1.807, 2.05) is 12.1 Å². The van der Waals surface area contributed by atoms with E-state index in [4.69, 9.17) is 5.73 Å². The van der Waals surface area contributed by atoms with Gasteiger partial charge >= 0.3 is 0 Å². The van der Waals surface area contributed by atoms with Crippen molar-refractivity contribution >= 4 is 35.6 Å². The molecule has 1 fully saturated rings. The van der Waals surface area contributed by atoms with Gasteiger partial charge in [-0.15, -0.1) is 12.4 Å². The summed E-state index contributed by atoms with van der Waals surface area (Å²) in [4.78, 5) is 23.1. The number of hydrogen-bond acceptors (Lipinski definition) is 3. The molecule has 1 aromatic carbocycles. The molecule has 5 nitrogen and oxygen atoms in total. The van der Waals surface area contributed by atoms with Gasteiger partial charge in [0.1, 0.15) is 0 Å². The summed E-state index contributed by atoms with van der Waals surface area (Å²) < 4.78 is 0. The molecule has 1 saturated carbocycles. The predicted molar refractivity (Wildman–Crippen MR) is 75.4 cm³/mol. The molecule has 6 heteroatoms. The highest BCUT2D eigenvalue weighted by Gasteiger charge is 2.45. The van der Waals surface area contributed by atoms with Crippen molar-refractivity contribution in [3.63, 3.8) is 0 Å². The molecule has 2 amide bonds. The Bertz CT molecular complexity index is 541. The van der Waals surface area contributed by atoms with Crippen molar-refractivity contribution in [1.82, 2.24) is 0 Å². The number of anilines is 2. The second-order valence-corrected chi connectivity index (χ2v) is 5.03. The van der Waals surface area contributed by atoms with E-state index in [2.05, 4.69) is 10.6 Å². The lowest BCUT2D eigenvalue weighted by molar-refractivity contribution is -0.118. The number of halogens is 1. The van der Waals surface area contributed by atoms with Gasteiger partial charge in [0.2, 0.25) is 11.8 Å². The molecule has 2 aliphatic rings. The fourth-order valence-electron chi connectivity index (χ4n) is 2.07. The zero-order valence-corrected chi connectivity index (χ0v) is 11.2.